The summed E-state index contributed by atoms with van der Waals surface area (Å²) >= 11 is 0. The Morgan fingerprint density at radius 2 is 1.59 bits per heavy atom. The molecule has 1 aliphatic carbocycles. The number of piperidine rings is 1. The third-order valence-electron chi connectivity index (χ3n) is 5.25. The minimum Gasteiger partial charge on any atom is -0.352 e. The number of sulfonamides is 1. The molecule has 3 rings (SSSR count). The highest BCUT2D eigenvalue weighted by atomic mass is 32.2. The van der Waals surface area contributed by atoms with Gasteiger partial charge in [0.1, 0.15) is 6.04 Å². The van der Waals surface area contributed by atoms with E-state index in [0.717, 1.165) is 60.7 Å². The van der Waals surface area contributed by atoms with Gasteiger partial charge in [0.2, 0.25) is 15.9 Å². The second-order valence-corrected chi connectivity index (χ2v) is 9.03. The van der Waals surface area contributed by atoms with Gasteiger partial charge in [-0.1, -0.05) is 19.3 Å². The highest BCUT2D eigenvalue weighted by Gasteiger charge is 2.39. The third kappa shape index (κ3) is 4.45. The third-order valence-corrected chi connectivity index (χ3v) is 7.17. The molecule has 0 aromatic heterocycles. The van der Waals surface area contributed by atoms with Crippen molar-refractivity contribution in [1.29, 1.82) is 0 Å². The van der Waals surface area contributed by atoms with Crippen molar-refractivity contribution in [3.8, 4) is 0 Å². The van der Waals surface area contributed by atoms with Crippen molar-refractivity contribution in [3.05, 3.63) is 29.8 Å². The van der Waals surface area contributed by atoms with Gasteiger partial charge in [-0.3, -0.25) is 4.79 Å². The number of rotatable bonds is 4. The minimum absolute atomic E-state index is 0.0787. The van der Waals surface area contributed by atoms with Crippen molar-refractivity contribution in [2.24, 2.45) is 0 Å². The summed E-state index contributed by atoms with van der Waals surface area (Å²) in [5.41, 5.74) is -0.907. The van der Waals surface area contributed by atoms with E-state index in [-0.39, 0.29) is 23.4 Å². The predicted molar refractivity (Wildman–Crippen MR) is 93.4 cm³/mol. The summed E-state index contributed by atoms with van der Waals surface area (Å²) in [5.74, 6) is -0.308. The van der Waals surface area contributed by atoms with Crippen LogP contribution in [0.1, 0.15) is 50.5 Å². The molecule has 1 amide bonds. The highest BCUT2D eigenvalue weighted by molar-refractivity contribution is 7.89. The molecule has 2 aliphatic rings. The molecule has 1 saturated heterocycles. The Morgan fingerprint density at radius 3 is 2.19 bits per heavy atom. The monoisotopic (exact) mass is 404 g/mol. The zero-order chi connectivity index (χ0) is 19.7. The average Bonchev–Trinajstić information content (AvgIpc) is 3.14. The van der Waals surface area contributed by atoms with E-state index in [4.69, 9.17) is 0 Å². The van der Waals surface area contributed by atoms with E-state index in [1.807, 2.05) is 0 Å². The van der Waals surface area contributed by atoms with Crippen molar-refractivity contribution in [2.75, 3.05) is 6.54 Å². The Kier molecular flexibility index (Phi) is 5.81. The van der Waals surface area contributed by atoms with Crippen LogP contribution in [0.4, 0.5) is 13.2 Å². The number of benzene rings is 1. The van der Waals surface area contributed by atoms with Crippen LogP contribution in [0.15, 0.2) is 29.2 Å². The number of hydrogen-bond acceptors (Lipinski definition) is 3. The lowest BCUT2D eigenvalue weighted by atomic mass is 10.0. The number of halogens is 3. The van der Waals surface area contributed by atoms with E-state index in [1.165, 1.54) is 0 Å². The maximum Gasteiger partial charge on any atom is 0.416 e. The standard InChI is InChI=1S/C18H23F3N2O3S/c19-18(20,21)13-8-10-15(11-9-13)27(25,26)23-12-4-3-7-16(23)17(24)22-14-5-1-2-6-14/h8-11,14,16H,1-7,12H2,(H,22,24). The van der Waals surface area contributed by atoms with E-state index >= 15 is 0 Å². The van der Waals surface area contributed by atoms with Crippen LogP contribution in [0.2, 0.25) is 0 Å². The van der Waals surface area contributed by atoms with Crippen molar-refractivity contribution >= 4 is 15.9 Å². The van der Waals surface area contributed by atoms with E-state index in [2.05, 4.69) is 5.32 Å². The molecule has 1 N–H and O–H groups in total. The molecule has 1 aromatic carbocycles. The maximum atomic E-state index is 13.0. The molecule has 0 bridgehead atoms. The van der Waals surface area contributed by atoms with Gasteiger partial charge in [0.05, 0.1) is 10.5 Å². The molecule has 0 spiro atoms. The minimum atomic E-state index is -4.53. The summed E-state index contributed by atoms with van der Waals surface area (Å²) in [5, 5.41) is 2.94. The van der Waals surface area contributed by atoms with Crippen molar-refractivity contribution in [3.63, 3.8) is 0 Å². The molecule has 1 saturated carbocycles. The number of amides is 1. The summed E-state index contributed by atoms with van der Waals surface area (Å²) in [6.45, 7) is 0.187. The molecule has 1 atom stereocenters. The zero-order valence-electron chi connectivity index (χ0n) is 14.8. The number of alkyl halides is 3. The Hall–Kier alpha value is -1.61. The predicted octanol–water partition coefficient (Wildman–Crippen LogP) is 3.31. The van der Waals surface area contributed by atoms with E-state index in [1.54, 1.807) is 0 Å². The van der Waals surface area contributed by atoms with Crippen LogP contribution < -0.4 is 5.32 Å². The molecule has 5 nitrogen and oxygen atoms in total. The second-order valence-electron chi connectivity index (χ2n) is 7.14. The number of carbonyl (C=O) groups excluding carboxylic acids is 1. The first-order valence-corrected chi connectivity index (χ1v) is 10.6. The topological polar surface area (TPSA) is 66.5 Å². The first-order valence-electron chi connectivity index (χ1n) is 9.19. The number of hydrogen-bond donors (Lipinski definition) is 1. The van der Waals surface area contributed by atoms with Crippen LogP contribution in [-0.4, -0.2) is 37.3 Å². The average molecular weight is 404 g/mol. The highest BCUT2D eigenvalue weighted by Crippen LogP contribution is 2.31. The van der Waals surface area contributed by atoms with Gasteiger partial charge in [-0.2, -0.15) is 17.5 Å². The fourth-order valence-electron chi connectivity index (χ4n) is 3.77. The van der Waals surface area contributed by atoms with Crippen LogP contribution in [0.3, 0.4) is 0 Å². The molecule has 2 fully saturated rings. The molecule has 1 heterocycles. The van der Waals surface area contributed by atoms with Gasteiger partial charge in [0.25, 0.3) is 0 Å². The summed E-state index contributed by atoms with van der Waals surface area (Å²) in [7, 11) is -4.05. The smallest absolute Gasteiger partial charge is 0.352 e. The normalized spacial score (nSPS) is 22.7. The number of carbonyl (C=O) groups is 1. The first-order chi connectivity index (χ1) is 12.7. The molecule has 1 unspecified atom stereocenters. The Balaban J connectivity index is 1.81. The fraction of sp³-hybridized carbons (Fsp3) is 0.611. The molecular formula is C18H23F3N2O3S. The van der Waals surface area contributed by atoms with Crippen LogP contribution in [0, 0.1) is 0 Å². The Labute approximate surface area is 157 Å². The molecule has 150 valence electrons. The van der Waals surface area contributed by atoms with E-state index < -0.39 is 27.8 Å². The van der Waals surface area contributed by atoms with Gasteiger partial charge in [-0.15, -0.1) is 0 Å². The summed E-state index contributed by atoms with van der Waals surface area (Å²) in [6.07, 6.45) is 1.12. The Morgan fingerprint density at radius 1 is 1.00 bits per heavy atom. The quantitative estimate of drug-likeness (QED) is 0.837. The van der Waals surface area contributed by atoms with Crippen LogP contribution in [0.25, 0.3) is 0 Å². The largest absolute Gasteiger partial charge is 0.416 e. The van der Waals surface area contributed by atoms with Crippen LogP contribution in [-0.2, 0) is 21.0 Å². The zero-order valence-corrected chi connectivity index (χ0v) is 15.7. The summed E-state index contributed by atoms with van der Waals surface area (Å²) in [6, 6.07) is 2.69. The molecule has 1 aromatic rings. The Bertz CT molecular complexity index is 772. The van der Waals surface area contributed by atoms with Gasteiger partial charge in [0, 0.05) is 12.6 Å². The lowest BCUT2D eigenvalue weighted by molar-refractivity contribution is -0.137. The van der Waals surface area contributed by atoms with E-state index in [0.29, 0.717) is 12.8 Å². The van der Waals surface area contributed by atoms with Crippen molar-refractivity contribution in [2.45, 2.75) is 68.1 Å². The first kappa shape index (κ1) is 20.1. The lowest BCUT2D eigenvalue weighted by Crippen LogP contribution is -2.53. The van der Waals surface area contributed by atoms with Gasteiger partial charge >= 0.3 is 6.18 Å². The van der Waals surface area contributed by atoms with Gasteiger partial charge in [-0.05, 0) is 49.9 Å². The van der Waals surface area contributed by atoms with Crippen LogP contribution in [0.5, 0.6) is 0 Å². The van der Waals surface area contributed by atoms with Crippen LogP contribution >= 0.6 is 0 Å². The molecule has 0 radical (unpaired) electrons. The SMILES string of the molecule is O=C(NC1CCCC1)C1CCCCN1S(=O)(=O)c1ccc(C(F)(F)F)cc1. The molecule has 9 heteroatoms. The van der Waals surface area contributed by atoms with Gasteiger partial charge in [-0.25, -0.2) is 8.42 Å². The van der Waals surface area contributed by atoms with Crippen molar-refractivity contribution in [1.82, 2.24) is 9.62 Å². The van der Waals surface area contributed by atoms with Crippen molar-refractivity contribution < 1.29 is 26.4 Å². The van der Waals surface area contributed by atoms with E-state index in [9.17, 15) is 26.4 Å². The number of nitrogens with zero attached hydrogens (tertiary/aromatic N) is 1. The molecular weight excluding hydrogens is 381 g/mol. The summed E-state index contributed by atoms with van der Waals surface area (Å²) < 4.78 is 65.2. The summed E-state index contributed by atoms with van der Waals surface area (Å²) in [4.78, 5) is 12.4. The molecule has 27 heavy (non-hydrogen) atoms. The maximum absolute atomic E-state index is 13.0. The molecule has 1 aliphatic heterocycles. The second kappa shape index (κ2) is 7.79. The lowest BCUT2D eigenvalue weighted by Gasteiger charge is -2.34. The van der Waals surface area contributed by atoms with Gasteiger partial charge < -0.3 is 5.32 Å². The number of nitrogens with one attached hydrogen (secondary N) is 1. The fourth-order valence-corrected chi connectivity index (χ4v) is 5.43. The van der Waals surface area contributed by atoms with Gasteiger partial charge in [0.15, 0.2) is 0 Å².